The zero-order chi connectivity index (χ0) is 22.4. The number of rotatable bonds is 6. The number of nitrogens with one attached hydrogen (secondary N) is 1. The van der Waals surface area contributed by atoms with E-state index < -0.39 is 20.0 Å². The first-order valence-electron chi connectivity index (χ1n) is 9.18. The molecule has 0 unspecified atom stereocenters. The molecule has 1 heterocycles. The maximum Gasteiger partial charge on any atom is 0.262 e. The molecule has 0 aliphatic heterocycles. The fourth-order valence-electron chi connectivity index (χ4n) is 3.21. The number of hydrogen-bond acceptors (Lipinski definition) is 6. The molecule has 0 saturated heterocycles. The predicted molar refractivity (Wildman–Crippen MR) is 118 cm³/mol. The number of anilines is 1. The van der Waals surface area contributed by atoms with Gasteiger partial charge in [0, 0.05) is 30.9 Å². The molecule has 162 valence electrons. The maximum absolute atomic E-state index is 12.9. The van der Waals surface area contributed by atoms with Gasteiger partial charge in [-0.05, 0) is 36.4 Å². The summed E-state index contributed by atoms with van der Waals surface area (Å²) in [6.45, 7) is 0. The van der Waals surface area contributed by atoms with E-state index in [2.05, 4.69) is 4.72 Å². The summed E-state index contributed by atoms with van der Waals surface area (Å²) >= 11 is 0. The Labute approximate surface area is 180 Å². The first-order chi connectivity index (χ1) is 14.6. The van der Waals surface area contributed by atoms with Crippen LogP contribution in [0.5, 0.6) is 5.75 Å². The Kier molecular flexibility index (Phi) is 5.16. The van der Waals surface area contributed by atoms with Gasteiger partial charge >= 0.3 is 0 Å². The average Bonchev–Trinajstić information content (AvgIpc) is 3.10. The summed E-state index contributed by atoms with van der Waals surface area (Å²) in [5.41, 5.74) is 1.39. The monoisotopic (exact) mass is 460 g/mol. The van der Waals surface area contributed by atoms with Crippen molar-refractivity contribution in [1.29, 1.82) is 0 Å². The molecule has 1 aromatic heterocycles. The van der Waals surface area contributed by atoms with Crippen LogP contribution in [0.25, 0.3) is 21.9 Å². The lowest BCUT2D eigenvalue weighted by atomic mass is 10.1. The quantitative estimate of drug-likeness (QED) is 0.471. The van der Waals surface area contributed by atoms with E-state index in [1.165, 1.54) is 45.5 Å². The molecule has 0 bridgehead atoms. The zero-order valence-corrected chi connectivity index (χ0v) is 18.6. The summed E-state index contributed by atoms with van der Waals surface area (Å²) < 4.78 is 65.0. The minimum Gasteiger partial charge on any atom is -0.495 e. The van der Waals surface area contributed by atoms with Crippen molar-refractivity contribution in [3.05, 3.63) is 60.7 Å². The van der Waals surface area contributed by atoms with E-state index in [1.54, 1.807) is 12.1 Å². The molecule has 4 aromatic rings. The van der Waals surface area contributed by atoms with Crippen LogP contribution in [-0.4, -0.2) is 42.3 Å². The first kappa shape index (κ1) is 21.2. The number of fused-ring (bicyclic) bond motifs is 3. The van der Waals surface area contributed by atoms with E-state index >= 15 is 0 Å². The fourth-order valence-corrected chi connectivity index (χ4v) is 5.17. The second kappa shape index (κ2) is 7.56. The average molecular weight is 461 g/mol. The van der Waals surface area contributed by atoms with Gasteiger partial charge in [0.25, 0.3) is 10.0 Å². The number of ether oxygens (including phenoxy) is 1. The molecular formula is C21H20N2O6S2. The van der Waals surface area contributed by atoms with Crippen LogP contribution in [0.1, 0.15) is 0 Å². The molecule has 31 heavy (non-hydrogen) atoms. The van der Waals surface area contributed by atoms with Crippen molar-refractivity contribution in [2.24, 2.45) is 0 Å². The highest BCUT2D eigenvalue weighted by Crippen LogP contribution is 2.37. The van der Waals surface area contributed by atoms with E-state index in [9.17, 15) is 16.8 Å². The predicted octanol–water partition coefficient (Wildman–Crippen LogP) is 3.65. The van der Waals surface area contributed by atoms with E-state index in [0.717, 1.165) is 15.1 Å². The Morgan fingerprint density at radius 3 is 2.13 bits per heavy atom. The summed E-state index contributed by atoms with van der Waals surface area (Å²) in [6, 6.07) is 15.8. The molecular weight excluding hydrogens is 440 g/mol. The van der Waals surface area contributed by atoms with Gasteiger partial charge in [0.1, 0.15) is 16.9 Å². The molecule has 0 amide bonds. The molecule has 0 radical (unpaired) electrons. The minimum absolute atomic E-state index is 0.00211. The molecule has 3 aromatic carbocycles. The first-order valence-corrected chi connectivity index (χ1v) is 12.1. The molecule has 10 heteroatoms. The molecule has 0 spiro atoms. The van der Waals surface area contributed by atoms with Crippen molar-refractivity contribution in [3.63, 3.8) is 0 Å². The summed E-state index contributed by atoms with van der Waals surface area (Å²) in [5.74, 6) is 0.328. The summed E-state index contributed by atoms with van der Waals surface area (Å²) in [6.07, 6.45) is 0. The standard InChI is InChI=1S/C21H20N2O6S2/c1-23(2)31(26,27)15-10-8-14(9-11-15)30(24,25)22-18-13-20-17(12-21(18)28-3)16-6-4-5-7-19(16)29-20/h4-13,22H,1-3H3. The van der Waals surface area contributed by atoms with Crippen LogP contribution in [0.15, 0.2) is 74.9 Å². The van der Waals surface area contributed by atoms with Crippen LogP contribution in [0.4, 0.5) is 5.69 Å². The Morgan fingerprint density at radius 2 is 1.48 bits per heavy atom. The number of para-hydroxylation sites is 1. The lowest BCUT2D eigenvalue weighted by molar-refractivity contribution is 0.417. The van der Waals surface area contributed by atoms with Gasteiger partial charge in [0.2, 0.25) is 10.0 Å². The number of methoxy groups -OCH3 is 1. The van der Waals surface area contributed by atoms with E-state index in [1.807, 2.05) is 24.3 Å². The van der Waals surface area contributed by atoms with Gasteiger partial charge in [0.15, 0.2) is 0 Å². The highest BCUT2D eigenvalue weighted by Gasteiger charge is 2.21. The minimum atomic E-state index is -4.01. The number of nitrogens with zero attached hydrogens (tertiary/aromatic N) is 1. The maximum atomic E-state index is 12.9. The third kappa shape index (κ3) is 3.73. The molecule has 8 nitrogen and oxygen atoms in total. The van der Waals surface area contributed by atoms with E-state index in [0.29, 0.717) is 16.9 Å². The number of sulfonamides is 2. The summed E-state index contributed by atoms with van der Waals surface area (Å²) in [4.78, 5) is -0.0883. The van der Waals surface area contributed by atoms with E-state index in [-0.39, 0.29) is 15.5 Å². The molecule has 4 rings (SSSR count). The number of furan rings is 1. The fraction of sp³-hybridized carbons (Fsp3) is 0.143. The second-order valence-electron chi connectivity index (χ2n) is 7.01. The van der Waals surface area contributed by atoms with Crippen molar-refractivity contribution < 1.29 is 26.0 Å². The lowest BCUT2D eigenvalue weighted by Gasteiger charge is -2.13. The van der Waals surface area contributed by atoms with Gasteiger partial charge in [-0.15, -0.1) is 0 Å². The van der Waals surface area contributed by atoms with Crippen molar-refractivity contribution in [2.75, 3.05) is 25.9 Å². The molecule has 0 saturated carbocycles. The third-order valence-electron chi connectivity index (χ3n) is 4.86. The van der Waals surface area contributed by atoms with Crippen LogP contribution in [0, 0.1) is 0 Å². The number of benzene rings is 3. The summed E-state index contributed by atoms with van der Waals surface area (Å²) in [7, 11) is -3.41. The topological polar surface area (TPSA) is 106 Å². The largest absolute Gasteiger partial charge is 0.495 e. The van der Waals surface area contributed by atoms with Crippen LogP contribution in [-0.2, 0) is 20.0 Å². The van der Waals surface area contributed by atoms with Crippen LogP contribution in [0.2, 0.25) is 0 Å². The zero-order valence-electron chi connectivity index (χ0n) is 17.0. The van der Waals surface area contributed by atoms with Crippen molar-refractivity contribution in [1.82, 2.24) is 4.31 Å². The van der Waals surface area contributed by atoms with Gasteiger partial charge in [-0.25, -0.2) is 21.1 Å². The van der Waals surface area contributed by atoms with Crippen molar-refractivity contribution in [3.8, 4) is 5.75 Å². The van der Waals surface area contributed by atoms with Crippen LogP contribution < -0.4 is 9.46 Å². The highest BCUT2D eigenvalue weighted by molar-refractivity contribution is 7.92. The normalized spacial score (nSPS) is 12.5. The molecule has 1 N–H and O–H groups in total. The summed E-state index contributed by atoms with van der Waals surface area (Å²) in [5, 5.41) is 1.69. The Balaban J connectivity index is 1.73. The van der Waals surface area contributed by atoms with Crippen LogP contribution >= 0.6 is 0 Å². The van der Waals surface area contributed by atoms with Gasteiger partial charge in [-0.1, -0.05) is 18.2 Å². The smallest absolute Gasteiger partial charge is 0.262 e. The second-order valence-corrected chi connectivity index (χ2v) is 10.8. The third-order valence-corrected chi connectivity index (χ3v) is 8.07. The van der Waals surface area contributed by atoms with Gasteiger partial charge in [-0.3, -0.25) is 4.72 Å². The Hall–Kier alpha value is -3.08. The molecule has 0 fully saturated rings. The number of hydrogen-bond donors (Lipinski definition) is 1. The van der Waals surface area contributed by atoms with E-state index in [4.69, 9.17) is 9.15 Å². The Morgan fingerprint density at radius 1 is 0.839 bits per heavy atom. The molecule has 0 aliphatic rings. The van der Waals surface area contributed by atoms with Gasteiger partial charge < -0.3 is 9.15 Å². The molecule has 0 aliphatic carbocycles. The van der Waals surface area contributed by atoms with Gasteiger partial charge in [-0.2, -0.15) is 0 Å². The molecule has 0 atom stereocenters. The lowest BCUT2D eigenvalue weighted by Crippen LogP contribution is -2.22. The Bertz CT molecular complexity index is 1490. The van der Waals surface area contributed by atoms with Gasteiger partial charge in [0.05, 0.1) is 22.6 Å². The van der Waals surface area contributed by atoms with Crippen LogP contribution in [0.3, 0.4) is 0 Å². The highest BCUT2D eigenvalue weighted by atomic mass is 32.2. The van der Waals surface area contributed by atoms with Crippen molar-refractivity contribution in [2.45, 2.75) is 9.79 Å². The van der Waals surface area contributed by atoms with Crippen molar-refractivity contribution >= 4 is 47.7 Å². The SMILES string of the molecule is COc1cc2c(cc1NS(=O)(=O)c1ccc(S(=O)(=O)N(C)C)cc1)oc1ccccc12.